The zero-order valence-corrected chi connectivity index (χ0v) is 11.1. The molecular weight excluding hydrogens is 222 g/mol. The predicted octanol–water partition coefficient (Wildman–Crippen LogP) is 1.89. The monoisotopic (exact) mass is 245 g/mol. The maximum absolute atomic E-state index is 11.8. The van der Waals surface area contributed by atoms with Crippen LogP contribution in [-0.2, 0) is 4.79 Å². The number of aliphatic hydroxyl groups is 1. The molecule has 0 heterocycles. The number of aliphatic hydroxyl groups excluding tert-OH is 1. The number of hydrogen-bond donors (Lipinski definition) is 1. The van der Waals surface area contributed by atoms with E-state index in [2.05, 4.69) is 0 Å². The van der Waals surface area contributed by atoms with Crippen LogP contribution in [0.4, 0.5) is 0 Å². The van der Waals surface area contributed by atoms with Crippen LogP contribution in [0.1, 0.15) is 39.5 Å². The molecule has 3 nitrogen and oxygen atoms in total. The first kappa shape index (κ1) is 13.8. The molecular formula is C12H23NO2S. The average Bonchev–Trinajstić information content (AvgIpc) is 2.29. The zero-order chi connectivity index (χ0) is 12.0. The summed E-state index contributed by atoms with van der Waals surface area (Å²) in [5.41, 5.74) is 0. The third-order valence-electron chi connectivity index (χ3n) is 3.20. The highest BCUT2D eigenvalue weighted by molar-refractivity contribution is 8.00. The van der Waals surface area contributed by atoms with Gasteiger partial charge in [-0.3, -0.25) is 4.79 Å². The summed E-state index contributed by atoms with van der Waals surface area (Å²) >= 11 is 1.63. The molecule has 1 rings (SSSR count). The molecule has 1 saturated carbocycles. The van der Waals surface area contributed by atoms with Gasteiger partial charge in [0.2, 0.25) is 5.91 Å². The van der Waals surface area contributed by atoms with Gasteiger partial charge in [-0.05, 0) is 26.7 Å². The molecule has 2 atom stereocenters. The fourth-order valence-corrected chi connectivity index (χ4v) is 3.35. The van der Waals surface area contributed by atoms with E-state index in [0.717, 1.165) is 32.4 Å². The highest BCUT2D eigenvalue weighted by atomic mass is 32.2. The molecule has 1 amide bonds. The predicted molar refractivity (Wildman–Crippen MR) is 68.6 cm³/mol. The van der Waals surface area contributed by atoms with Crippen molar-refractivity contribution in [3.05, 3.63) is 0 Å². The van der Waals surface area contributed by atoms with E-state index in [-0.39, 0.29) is 17.3 Å². The maximum atomic E-state index is 11.8. The number of hydrogen-bond acceptors (Lipinski definition) is 3. The van der Waals surface area contributed by atoms with Gasteiger partial charge in [0.05, 0.1) is 11.9 Å². The summed E-state index contributed by atoms with van der Waals surface area (Å²) in [6.45, 7) is 5.56. The Bertz CT molecular complexity index is 219. The molecule has 0 aromatic heterocycles. The Kier molecular flexibility index (Phi) is 6.21. The normalized spacial score (nSPS) is 25.4. The van der Waals surface area contributed by atoms with Crippen LogP contribution in [0.25, 0.3) is 0 Å². The second-order valence-corrected chi connectivity index (χ2v) is 5.49. The average molecular weight is 245 g/mol. The topological polar surface area (TPSA) is 40.5 Å². The second kappa shape index (κ2) is 7.17. The molecule has 1 aliphatic carbocycles. The van der Waals surface area contributed by atoms with E-state index in [4.69, 9.17) is 0 Å². The summed E-state index contributed by atoms with van der Waals surface area (Å²) in [6.07, 6.45) is 4.06. The summed E-state index contributed by atoms with van der Waals surface area (Å²) in [7, 11) is 0. The van der Waals surface area contributed by atoms with Gasteiger partial charge in [-0.15, -0.1) is 11.8 Å². The van der Waals surface area contributed by atoms with Crippen LogP contribution in [-0.4, -0.2) is 46.1 Å². The summed E-state index contributed by atoms with van der Waals surface area (Å²) in [4.78, 5) is 13.6. The molecule has 0 aliphatic heterocycles. The lowest BCUT2D eigenvalue weighted by molar-refractivity contribution is -0.127. The number of thioether (sulfide) groups is 1. The van der Waals surface area contributed by atoms with Crippen LogP contribution in [0.15, 0.2) is 0 Å². The molecule has 1 N–H and O–H groups in total. The molecule has 0 saturated heterocycles. The lowest BCUT2D eigenvalue weighted by Crippen LogP contribution is -2.34. The van der Waals surface area contributed by atoms with E-state index in [1.54, 1.807) is 11.8 Å². The molecule has 2 unspecified atom stereocenters. The van der Waals surface area contributed by atoms with Crippen molar-refractivity contribution in [3.63, 3.8) is 0 Å². The van der Waals surface area contributed by atoms with Crippen molar-refractivity contribution in [3.8, 4) is 0 Å². The Morgan fingerprint density at radius 3 is 2.50 bits per heavy atom. The van der Waals surface area contributed by atoms with Crippen molar-refractivity contribution in [1.29, 1.82) is 0 Å². The Labute approximate surface area is 103 Å². The summed E-state index contributed by atoms with van der Waals surface area (Å²) < 4.78 is 0. The van der Waals surface area contributed by atoms with Crippen molar-refractivity contribution in [2.24, 2.45) is 0 Å². The first-order valence-corrected chi connectivity index (χ1v) is 7.31. The molecule has 1 fully saturated rings. The largest absolute Gasteiger partial charge is 0.392 e. The van der Waals surface area contributed by atoms with Gasteiger partial charge in [0.25, 0.3) is 0 Å². The van der Waals surface area contributed by atoms with Crippen LogP contribution in [0.5, 0.6) is 0 Å². The van der Waals surface area contributed by atoms with E-state index >= 15 is 0 Å². The van der Waals surface area contributed by atoms with Crippen molar-refractivity contribution >= 4 is 17.7 Å². The highest BCUT2D eigenvalue weighted by Gasteiger charge is 2.24. The van der Waals surface area contributed by atoms with Gasteiger partial charge in [0.1, 0.15) is 0 Å². The van der Waals surface area contributed by atoms with Gasteiger partial charge in [-0.1, -0.05) is 12.8 Å². The van der Waals surface area contributed by atoms with Gasteiger partial charge in [0, 0.05) is 18.3 Å². The first-order chi connectivity index (χ1) is 7.69. The Morgan fingerprint density at radius 1 is 1.31 bits per heavy atom. The molecule has 0 spiro atoms. The second-order valence-electron chi connectivity index (χ2n) is 4.27. The van der Waals surface area contributed by atoms with Crippen molar-refractivity contribution < 1.29 is 9.90 Å². The van der Waals surface area contributed by atoms with Gasteiger partial charge in [-0.25, -0.2) is 0 Å². The lowest BCUT2D eigenvalue weighted by Gasteiger charge is -2.27. The van der Waals surface area contributed by atoms with Crippen molar-refractivity contribution in [2.75, 3.05) is 18.8 Å². The Balaban J connectivity index is 2.29. The van der Waals surface area contributed by atoms with E-state index in [0.29, 0.717) is 5.75 Å². The third-order valence-corrected chi connectivity index (χ3v) is 4.60. The van der Waals surface area contributed by atoms with Crippen LogP contribution in [0.3, 0.4) is 0 Å². The fourth-order valence-electron chi connectivity index (χ4n) is 2.12. The number of carbonyl (C=O) groups excluding carboxylic acids is 1. The molecule has 0 bridgehead atoms. The van der Waals surface area contributed by atoms with Crippen LogP contribution >= 0.6 is 11.8 Å². The van der Waals surface area contributed by atoms with E-state index in [1.807, 2.05) is 18.7 Å². The minimum atomic E-state index is -0.205. The Hall–Kier alpha value is -0.220. The van der Waals surface area contributed by atoms with Gasteiger partial charge in [-0.2, -0.15) is 0 Å². The smallest absolute Gasteiger partial charge is 0.232 e. The summed E-state index contributed by atoms with van der Waals surface area (Å²) in [5.74, 6) is 0.719. The minimum Gasteiger partial charge on any atom is -0.392 e. The van der Waals surface area contributed by atoms with Crippen LogP contribution in [0.2, 0.25) is 0 Å². The summed E-state index contributed by atoms with van der Waals surface area (Å²) in [6, 6.07) is 0. The molecule has 1 aliphatic rings. The van der Waals surface area contributed by atoms with Crippen LogP contribution in [0, 0.1) is 0 Å². The molecule has 16 heavy (non-hydrogen) atoms. The van der Waals surface area contributed by atoms with Gasteiger partial charge in [0.15, 0.2) is 0 Å². The summed E-state index contributed by atoms with van der Waals surface area (Å²) in [5, 5.41) is 10.1. The number of carbonyl (C=O) groups is 1. The van der Waals surface area contributed by atoms with E-state index < -0.39 is 0 Å². The van der Waals surface area contributed by atoms with Crippen molar-refractivity contribution in [2.45, 2.75) is 50.9 Å². The maximum Gasteiger partial charge on any atom is 0.232 e. The zero-order valence-electron chi connectivity index (χ0n) is 10.3. The third kappa shape index (κ3) is 3.98. The van der Waals surface area contributed by atoms with E-state index in [9.17, 15) is 9.90 Å². The molecule has 0 aromatic rings. The lowest BCUT2D eigenvalue weighted by atomic mass is 9.97. The van der Waals surface area contributed by atoms with Crippen molar-refractivity contribution in [1.82, 2.24) is 4.90 Å². The first-order valence-electron chi connectivity index (χ1n) is 6.26. The van der Waals surface area contributed by atoms with Gasteiger partial charge >= 0.3 is 0 Å². The van der Waals surface area contributed by atoms with E-state index in [1.165, 1.54) is 6.42 Å². The fraction of sp³-hybridized carbons (Fsp3) is 0.917. The molecule has 0 aromatic carbocycles. The number of nitrogens with zero attached hydrogens (tertiary/aromatic N) is 1. The Morgan fingerprint density at radius 2 is 1.94 bits per heavy atom. The highest BCUT2D eigenvalue weighted by Crippen LogP contribution is 2.28. The van der Waals surface area contributed by atoms with Gasteiger partial charge < -0.3 is 10.0 Å². The molecule has 0 radical (unpaired) electrons. The quantitative estimate of drug-likeness (QED) is 0.804. The standard InChI is InChI=1S/C12H23NO2S/c1-3-13(4-2)12(15)9-16-11-8-6-5-7-10(11)14/h10-11,14H,3-9H2,1-2H3. The van der Waals surface area contributed by atoms with Crippen LogP contribution < -0.4 is 0 Å². The molecule has 94 valence electrons. The number of rotatable bonds is 5. The molecule has 4 heteroatoms. The SMILES string of the molecule is CCN(CC)C(=O)CSC1CCCCC1O. The number of amides is 1. The minimum absolute atomic E-state index is 0.202.